The van der Waals surface area contributed by atoms with Crippen LogP contribution in [0.1, 0.15) is 43.0 Å². The van der Waals surface area contributed by atoms with E-state index in [1.165, 1.54) is 13.0 Å². The molecule has 5 nitrogen and oxygen atoms in total. The monoisotopic (exact) mass is 383 g/mol. The van der Waals surface area contributed by atoms with Crippen molar-refractivity contribution in [3.05, 3.63) is 53.8 Å². The molecule has 1 aliphatic rings. The molecule has 3 rings (SSSR count). The Hall–Kier alpha value is -3.02. The number of nitrogens with one attached hydrogen (secondary N) is 1. The van der Waals surface area contributed by atoms with E-state index in [1.54, 1.807) is 36.4 Å². The standard InChI is InChI=1S/C22H22FNO4/c1-14(25)21(26)20-9-3-2-6-12-28-15-10-11-19(23)18(13-15)16-7-4-5-8-17(16)22(27)24-20/h4-5,7-8,10-11,13,20H,2-3,6,9,12H2,1H3,(H,24,27)/t20-/m0/s1. The predicted octanol–water partition coefficient (Wildman–Crippen LogP) is 3.70. The fraction of sp³-hybridized carbons (Fsp3) is 0.318. The van der Waals surface area contributed by atoms with Crippen LogP contribution in [-0.2, 0) is 9.59 Å². The molecule has 0 saturated heterocycles. The normalized spacial score (nSPS) is 17.5. The maximum absolute atomic E-state index is 14.5. The minimum atomic E-state index is -0.891. The van der Waals surface area contributed by atoms with Crippen LogP contribution in [0.2, 0.25) is 0 Å². The molecule has 146 valence electrons. The number of fused-ring (bicyclic) bond motifs is 4. The second-order valence-corrected chi connectivity index (χ2v) is 6.83. The second-order valence-electron chi connectivity index (χ2n) is 6.83. The number of ether oxygens (including phenoxy) is 1. The Balaban J connectivity index is 2.04. The number of carbonyl (C=O) groups is 3. The van der Waals surface area contributed by atoms with E-state index in [0.717, 1.165) is 12.8 Å². The summed E-state index contributed by atoms with van der Waals surface area (Å²) < 4.78 is 20.2. The molecule has 0 saturated carbocycles. The van der Waals surface area contributed by atoms with E-state index < -0.39 is 29.3 Å². The first-order valence-electron chi connectivity index (χ1n) is 9.35. The smallest absolute Gasteiger partial charge is 0.252 e. The van der Waals surface area contributed by atoms with Crippen LogP contribution in [0.15, 0.2) is 42.5 Å². The molecule has 1 aliphatic heterocycles. The third-order valence-electron chi connectivity index (χ3n) is 4.77. The molecule has 0 aromatic heterocycles. The van der Waals surface area contributed by atoms with E-state index in [2.05, 4.69) is 5.32 Å². The van der Waals surface area contributed by atoms with Gasteiger partial charge in [-0.25, -0.2) is 4.39 Å². The summed E-state index contributed by atoms with van der Waals surface area (Å²) in [6.07, 6.45) is 2.57. The Morgan fingerprint density at radius 3 is 2.54 bits per heavy atom. The maximum Gasteiger partial charge on any atom is 0.252 e. The van der Waals surface area contributed by atoms with E-state index in [4.69, 9.17) is 4.74 Å². The number of amides is 1. The van der Waals surface area contributed by atoms with Crippen molar-refractivity contribution >= 4 is 17.5 Å². The zero-order valence-electron chi connectivity index (χ0n) is 15.7. The third-order valence-corrected chi connectivity index (χ3v) is 4.77. The lowest BCUT2D eigenvalue weighted by Crippen LogP contribution is -2.43. The summed E-state index contributed by atoms with van der Waals surface area (Å²) in [4.78, 5) is 36.7. The molecular formula is C22H22FNO4. The molecule has 0 fully saturated rings. The summed E-state index contributed by atoms with van der Waals surface area (Å²) >= 11 is 0. The van der Waals surface area contributed by atoms with Crippen molar-refractivity contribution < 1.29 is 23.5 Å². The van der Waals surface area contributed by atoms with Gasteiger partial charge >= 0.3 is 0 Å². The highest BCUT2D eigenvalue weighted by Gasteiger charge is 2.26. The molecule has 2 aromatic rings. The number of halogens is 1. The Morgan fingerprint density at radius 1 is 1.04 bits per heavy atom. The van der Waals surface area contributed by atoms with Crippen molar-refractivity contribution in [2.75, 3.05) is 6.61 Å². The highest BCUT2D eigenvalue weighted by atomic mass is 19.1. The molecule has 0 spiro atoms. The van der Waals surface area contributed by atoms with Gasteiger partial charge in [-0.15, -0.1) is 0 Å². The summed E-state index contributed by atoms with van der Waals surface area (Å²) in [5, 5.41) is 2.67. The van der Waals surface area contributed by atoms with Gasteiger partial charge < -0.3 is 10.1 Å². The summed E-state index contributed by atoms with van der Waals surface area (Å²) in [6.45, 7) is 1.66. The Morgan fingerprint density at radius 2 is 1.79 bits per heavy atom. The summed E-state index contributed by atoms with van der Waals surface area (Å²) in [5.41, 5.74) is 0.876. The Kier molecular flexibility index (Phi) is 6.19. The van der Waals surface area contributed by atoms with E-state index in [-0.39, 0.29) is 11.1 Å². The summed E-state index contributed by atoms with van der Waals surface area (Å²) in [6, 6.07) is 10.2. The van der Waals surface area contributed by atoms with E-state index in [9.17, 15) is 18.8 Å². The average molecular weight is 383 g/mol. The second kappa shape index (κ2) is 8.78. The fourth-order valence-electron chi connectivity index (χ4n) is 3.28. The number of hydrogen-bond donors (Lipinski definition) is 1. The van der Waals surface area contributed by atoms with E-state index >= 15 is 0 Å². The Bertz CT molecular complexity index is 909. The molecule has 2 bridgehead atoms. The van der Waals surface area contributed by atoms with Crippen molar-refractivity contribution in [1.82, 2.24) is 5.32 Å². The molecule has 2 aromatic carbocycles. The van der Waals surface area contributed by atoms with Crippen LogP contribution in [0.3, 0.4) is 0 Å². The van der Waals surface area contributed by atoms with Gasteiger partial charge in [-0.05, 0) is 49.1 Å². The van der Waals surface area contributed by atoms with Gasteiger partial charge in [0.25, 0.3) is 5.91 Å². The highest BCUT2D eigenvalue weighted by molar-refractivity contribution is 6.38. The van der Waals surface area contributed by atoms with E-state index in [1.807, 2.05) is 0 Å². The van der Waals surface area contributed by atoms with Gasteiger partial charge in [-0.3, -0.25) is 14.4 Å². The SMILES string of the molecule is CC(=O)C(=O)[C@@H]1CCCCCOc2ccc(F)c(c2)-c2ccccc2C(=O)N1. The number of Topliss-reactive ketones (excluding diaryl/α,β-unsaturated/α-hetero) is 2. The number of hydrogen-bond acceptors (Lipinski definition) is 4. The molecule has 1 heterocycles. The van der Waals surface area contributed by atoms with Crippen molar-refractivity contribution in [2.45, 2.75) is 38.6 Å². The van der Waals surface area contributed by atoms with Gasteiger partial charge in [0, 0.05) is 18.1 Å². The third kappa shape index (κ3) is 4.44. The molecule has 1 atom stereocenters. The number of rotatable bonds is 2. The van der Waals surface area contributed by atoms with Crippen molar-refractivity contribution in [3.8, 4) is 16.9 Å². The van der Waals surface area contributed by atoms with Crippen LogP contribution in [0.4, 0.5) is 4.39 Å². The zero-order chi connectivity index (χ0) is 20.1. The first-order chi connectivity index (χ1) is 13.5. The lowest BCUT2D eigenvalue weighted by atomic mass is 9.97. The minimum Gasteiger partial charge on any atom is -0.494 e. The first kappa shape index (κ1) is 19.7. The van der Waals surface area contributed by atoms with Crippen LogP contribution < -0.4 is 10.1 Å². The van der Waals surface area contributed by atoms with E-state index in [0.29, 0.717) is 30.8 Å². The molecule has 1 amide bonds. The lowest BCUT2D eigenvalue weighted by Gasteiger charge is -2.19. The zero-order valence-corrected chi connectivity index (χ0v) is 15.7. The molecule has 0 unspecified atom stereocenters. The van der Waals surface area contributed by atoms with Gasteiger partial charge in [-0.1, -0.05) is 24.6 Å². The molecule has 0 aliphatic carbocycles. The molecular weight excluding hydrogens is 361 g/mol. The van der Waals surface area contributed by atoms with Gasteiger partial charge in [0.05, 0.1) is 12.6 Å². The number of ketones is 2. The summed E-state index contributed by atoms with van der Waals surface area (Å²) in [7, 11) is 0. The highest BCUT2D eigenvalue weighted by Crippen LogP contribution is 2.30. The quantitative estimate of drug-likeness (QED) is 0.803. The molecule has 1 N–H and O–H groups in total. The first-order valence-corrected chi connectivity index (χ1v) is 9.35. The predicted molar refractivity (Wildman–Crippen MR) is 103 cm³/mol. The van der Waals surface area contributed by atoms with Crippen LogP contribution >= 0.6 is 0 Å². The summed E-state index contributed by atoms with van der Waals surface area (Å²) in [5.74, 6) is -1.67. The van der Waals surface area contributed by atoms with Gasteiger partial charge in [0.15, 0.2) is 5.78 Å². The minimum absolute atomic E-state index is 0.233. The largest absolute Gasteiger partial charge is 0.494 e. The number of carbonyl (C=O) groups excluding carboxylic acids is 3. The van der Waals surface area contributed by atoms with Crippen LogP contribution in [0.5, 0.6) is 5.75 Å². The van der Waals surface area contributed by atoms with Gasteiger partial charge in [0.2, 0.25) is 5.78 Å². The van der Waals surface area contributed by atoms with Crippen molar-refractivity contribution in [2.24, 2.45) is 0 Å². The molecule has 6 heteroatoms. The van der Waals surface area contributed by atoms with Crippen LogP contribution in [-0.4, -0.2) is 30.1 Å². The Labute approximate surface area is 162 Å². The van der Waals surface area contributed by atoms with Crippen LogP contribution in [0, 0.1) is 5.82 Å². The average Bonchev–Trinajstić information content (AvgIpc) is 2.69. The van der Waals surface area contributed by atoms with Gasteiger partial charge in [-0.2, -0.15) is 0 Å². The topological polar surface area (TPSA) is 72.5 Å². The van der Waals surface area contributed by atoms with Crippen molar-refractivity contribution in [3.63, 3.8) is 0 Å². The van der Waals surface area contributed by atoms with Crippen molar-refractivity contribution in [1.29, 1.82) is 0 Å². The molecule has 28 heavy (non-hydrogen) atoms. The maximum atomic E-state index is 14.5. The van der Waals surface area contributed by atoms with Crippen LogP contribution in [0.25, 0.3) is 11.1 Å². The lowest BCUT2D eigenvalue weighted by molar-refractivity contribution is -0.136. The van der Waals surface area contributed by atoms with Gasteiger partial charge in [0.1, 0.15) is 11.6 Å². The fourth-order valence-corrected chi connectivity index (χ4v) is 3.28. The number of benzene rings is 2. The molecule has 0 radical (unpaired) electrons.